The number of benzene rings is 1. The summed E-state index contributed by atoms with van der Waals surface area (Å²) in [5.41, 5.74) is 0.312. The normalized spacial score (nSPS) is 18.6. The fourth-order valence-electron chi connectivity index (χ4n) is 2.35. The molecule has 1 aliphatic rings. The molecule has 2 rings (SSSR count). The average Bonchev–Trinajstić information content (AvgIpc) is 2.47. The summed E-state index contributed by atoms with van der Waals surface area (Å²) in [6, 6.07) is 5.30. The lowest BCUT2D eigenvalue weighted by atomic mass is 10.0. The molecule has 0 bridgehead atoms. The zero-order valence-corrected chi connectivity index (χ0v) is 11.0. The second-order valence-electron chi connectivity index (χ2n) is 4.76. The zero-order chi connectivity index (χ0) is 14.5. The Morgan fingerprint density at radius 2 is 2.30 bits per heavy atom. The van der Waals surface area contributed by atoms with Crippen LogP contribution in [0.5, 0.6) is 0 Å². The van der Waals surface area contributed by atoms with Crippen molar-refractivity contribution in [1.82, 2.24) is 4.90 Å². The number of aliphatic hydroxyl groups excluding tert-OH is 1. The molecule has 7 heteroatoms. The Hall–Kier alpha value is -2.15. The average molecular weight is 279 g/mol. The summed E-state index contributed by atoms with van der Waals surface area (Å²) < 4.78 is 0. The summed E-state index contributed by atoms with van der Waals surface area (Å²) in [6.07, 6.45) is 2.67. The van der Waals surface area contributed by atoms with Crippen molar-refractivity contribution in [3.8, 4) is 0 Å². The van der Waals surface area contributed by atoms with Crippen LogP contribution in [-0.4, -0.2) is 40.2 Å². The smallest absolute Gasteiger partial charge is 0.322 e. The van der Waals surface area contributed by atoms with Crippen LogP contribution in [0.3, 0.4) is 0 Å². The first-order valence-electron chi connectivity index (χ1n) is 6.55. The third-order valence-electron chi connectivity index (χ3n) is 3.41. The minimum atomic E-state index is -0.507. The minimum Gasteiger partial charge on any atom is -0.394 e. The molecule has 1 aromatic rings. The number of piperidine rings is 1. The number of amides is 2. The van der Waals surface area contributed by atoms with Gasteiger partial charge >= 0.3 is 6.03 Å². The first kappa shape index (κ1) is 14.3. The van der Waals surface area contributed by atoms with Crippen LogP contribution in [0, 0.1) is 10.1 Å². The highest BCUT2D eigenvalue weighted by Crippen LogP contribution is 2.20. The predicted octanol–water partition coefficient (Wildman–Crippen LogP) is 1.97. The molecular weight excluding hydrogens is 262 g/mol. The first-order valence-corrected chi connectivity index (χ1v) is 6.55. The van der Waals surface area contributed by atoms with Crippen molar-refractivity contribution >= 4 is 17.4 Å². The monoisotopic (exact) mass is 279 g/mol. The summed E-state index contributed by atoms with van der Waals surface area (Å²) in [4.78, 5) is 23.9. The fraction of sp³-hybridized carbons (Fsp3) is 0.462. The van der Waals surface area contributed by atoms with Gasteiger partial charge < -0.3 is 15.3 Å². The molecule has 2 N–H and O–H groups in total. The van der Waals surface area contributed by atoms with Crippen LogP contribution in [-0.2, 0) is 0 Å². The number of non-ortho nitro benzene ring substituents is 1. The van der Waals surface area contributed by atoms with Gasteiger partial charge in [-0.3, -0.25) is 10.1 Å². The maximum absolute atomic E-state index is 12.2. The molecule has 0 aromatic heterocycles. The van der Waals surface area contributed by atoms with Gasteiger partial charge in [-0.15, -0.1) is 0 Å². The van der Waals surface area contributed by atoms with E-state index >= 15 is 0 Å². The number of nitrogens with zero attached hydrogens (tertiary/aromatic N) is 2. The molecule has 108 valence electrons. The standard InChI is InChI=1S/C13H17N3O4/c17-9-12-5-1-2-7-15(12)13(18)14-10-4-3-6-11(8-10)16(19)20/h3-4,6,8,12,17H,1-2,5,7,9H2,(H,14,18). The molecule has 1 saturated heterocycles. The number of carbonyl (C=O) groups excluding carboxylic acids is 1. The lowest BCUT2D eigenvalue weighted by molar-refractivity contribution is -0.384. The highest BCUT2D eigenvalue weighted by atomic mass is 16.6. The van der Waals surface area contributed by atoms with Gasteiger partial charge in [0.2, 0.25) is 0 Å². The van der Waals surface area contributed by atoms with Gasteiger partial charge in [0, 0.05) is 24.4 Å². The van der Waals surface area contributed by atoms with Gasteiger partial charge in [0.25, 0.3) is 5.69 Å². The molecule has 20 heavy (non-hydrogen) atoms. The number of nitro groups is 1. The number of hydrogen-bond acceptors (Lipinski definition) is 4. The van der Waals surface area contributed by atoms with E-state index in [9.17, 15) is 20.0 Å². The SMILES string of the molecule is O=C(Nc1cccc([N+](=O)[O-])c1)N1CCCCC1CO. The van der Waals surface area contributed by atoms with Gasteiger partial charge in [0.05, 0.1) is 17.6 Å². The van der Waals surface area contributed by atoms with E-state index in [4.69, 9.17) is 0 Å². The van der Waals surface area contributed by atoms with Crippen LogP contribution in [0.1, 0.15) is 19.3 Å². The van der Waals surface area contributed by atoms with Gasteiger partial charge in [-0.25, -0.2) is 4.79 Å². The zero-order valence-electron chi connectivity index (χ0n) is 11.0. The van der Waals surface area contributed by atoms with Gasteiger partial charge in [-0.05, 0) is 25.3 Å². The Labute approximate surface area is 116 Å². The summed E-state index contributed by atoms with van der Waals surface area (Å²) in [5, 5.41) is 22.6. The van der Waals surface area contributed by atoms with E-state index in [0.29, 0.717) is 12.2 Å². The molecule has 0 saturated carbocycles. The molecule has 1 aromatic carbocycles. The van der Waals surface area contributed by atoms with Crippen molar-refractivity contribution < 1.29 is 14.8 Å². The fourth-order valence-corrected chi connectivity index (χ4v) is 2.35. The quantitative estimate of drug-likeness (QED) is 0.653. The number of nitro benzene ring substituents is 1. The van der Waals surface area contributed by atoms with Crippen LogP contribution in [0.15, 0.2) is 24.3 Å². The lowest BCUT2D eigenvalue weighted by Crippen LogP contribution is -2.47. The van der Waals surface area contributed by atoms with Crippen molar-refractivity contribution in [2.24, 2.45) is 0 Å². The van der Waals surface area contributed by atoms with E-state index in [0.717, 1.165) is 19.3 Å². The van der Waals surface area contributed by atoms with Crippen LogP contribution in [0.2, 0.25) is 0 Å². The van der Waals surface area contributed by atoms with E-state index in [-0.39, 0.29) is 24.4 Å². The van der Waals surface area contributed by atoms with Crippen molar-refractivity contribution in [2.75, 3.05) is 18.5 Å². The lowest BCUT2D eigenvalue weighted by Gasteiger charge is -2.34. The second kappa shape index (κ2) is 6.33. The molecule has 1 heterocycles. The molecule has 0 spiro atoms. The van der Waals surface area contributed by atoms with Crippen molar-refractivity contribution in [2.45, 2.75) is 25.3 Å². The Bertz CT molecular complexity index is 506. The second-order valence-corrected chi connectivity index (χ2v) is 4.76. The van der Waals surface area contributed by atoms with Crippen LogP contribution in [0.4, 0.5) is 16.2 Å². The Kier molecular flexibility index (Phi) is 4.52. The van der Waals surface area contributed by atoms with Crippen molar-refractivity contribution in [1.29, 1.82) is 0 Å². The number of aliphatic hydroxyl groups is 1. The van der Waals surface area contributed by atoms with Crippen molar-refractivity contribution in [3.05, 3.63) is 34.4 Å². The summed E-state index contributed by atoms with van der Waals surface area (Å²) in [5.74, 6) is 0. The van der Waals surface area contributed by atoms with E-state index in [1.54, 1.807) is 11.0 Å². The van der Waals surface area contributed by atoms with E-state index in [1.807, 2.05) is 0 Å². The number of rotatable bonds is 3. The van der Waals surface area contributed by atoms with Gasteiger partial charge in [0.15, 0.2) is 0 Å². The Morgan fingerprint density at radius 1 is 1.50 bits per heavy atom. The minimum absolute atomic E-state index is 0.0671. The van der Waals surface area contributed by atoms with E-state index in [2.05, 4.69) is 5.32 Å². The Morgan fingerprint density at radius 3 is 3.00 bits per heavy atom. The summed E-state index contributed by atoms with van der Waals surface area (Å²) in [6.45, 7) is 0.522. The maximum Gasteiger partial charge on any atom is 0.322 e. The van der Waals surface area contributed by atoms with E-state index < -0.39 is 4.92 Å². The number of nitrogens with one attached hydrogen (secondary N) is 1. The van der Waals surface area contributed by atoms with Gasteiger partial charge in [-0.1, -0.05) is 6.07 Å². The predicted molar refractivity (Wildman–Crippen MR) is 73.5 cm³/mol. The molecular formula is C13H17N3O4. The number of anilines is 1. The Balaban J connectivity index is 2.06. The number of likely N-dealkylation sites (tertiary alicyclic amines) is 1. The van der Waals surface area contributed by atoms with Crippen LogP contribution in [0.25, 0.3) is 0 Å². The first-order chi connectivity index (χ1) is 9.61. The topological polar surface area (TPSA) is 95.7 Å². The summed E-state index contributed by atoms with van der Waals surface area (Å²) >= 11 is 0. The number of hydrogen-bond donors (Lipinski definition) is 2. The number of urea groups is 1. The third kappa shape index (κ3) is 3.24. The van der Waals surface area contributed by atoms with Crippen LogP contribution >= 0.6 is 0 Å². The number of carbonyl (C=O) groups is 1. The van der Waals surface area contributed by atoms with Crippen LogP contribution < -0.4 is 5.32 Å². The van der Waals surface area contributed by atoms with Crippen molar-refractivity contribution in [3.63, 3.8) is 0 Å². The molecule has 1 aliphatic heterocycles. The highest BCUT2D eigenvalue weighted by Gasteiger charge is 2.26. The third-order valence-corrected chi connectivity index (χ3v) is 3.41. The summed E-state index contributed by atoms with van der Waals surface area (Å²) in [7, 11) is 0. The molecule has 0 radical (unpaired) electrons. The van der Waals surface area contributed by atoms with Gasteiger partial charge in [-0.2, -0.15) is 0 Å². The highest BCUT2D eigenvalue weighted by molar-refractivity contribution is 5.90. The molecule has 1 unspecified atom stereocenters. The molecule has 1 atom stereocenters. The van der Waals surface area contributed by atoms with E-state index in [1.165, 1.54) is 18.2 Å². The molecule has 7 nitrogen and oxygen atoms in total. The maximum atomic E-state index is 12.2. The largest absolute Gasteiger partial charge is 0.394 e. The molecule has 2 amide bonds. The molecule has 0 aliphatic carbocycles. The molecule has 1 fully saturated rings. The van der Waals surface area contributed by atoms with Gasteiger partial charge in [0.1, 0.15) is 0 Å².